The summed E-state index contributed by atoms with van der Waals surface area (Å²) in [4.78, 5) is 16.5. The molecule has 0 radical (unpaired) electrons. The molecule has 158 valence electrons. The summed E-state index contributed by atoms with van der Waals surface area (Å²) in [6.07, 6.45) is 1.52. The average molecular weight is 425 g/mol. The van der Waals surface area contributed by atoms with Gasteiger partial charge in [0.2, 0.25) is 0 Å². The zero-order valence-electron chi connectivity index (χ0n) is 17.2. The fourth-order valence-corrected chi connectivity index (χ4v) is 3.61. The van der Waals surface area contributed by atoms with E-state index >= 15 is 0 Å². The van der Waals surface area contributed by atoms with Gasteiger partial charge < -0.3 is 14.3 Å². The number of aromatic carboxylic acids is 1. The molecule has 0 saturated carbocycles. The monoisotopic (exact) mass is 425 g/mol. The lowest BCUT2D eigenvalue weighted by Crippen LogP contribution is -2.04. The summed E-state index contributed by atoms with van der Waals surface area (Å²) in [5.41, 5.74) is 2.70. The molecule has 0 atom stereocenters. The molecule has 7 heteroatoms. The van der Waals surface area contributed by atoms with Crippen LogP contribution in [0.2, 0.25) is 0 Å². The Balaban J connectivity index is 1.46. The minimum absolute atomic E-state index is 0.150. The van der Waals surface area contributed by atoms with Gasteiger partial charge >= 0.3 is 5.97 Å². The van der Waals surface area contributed by atoms with Crippen LogP contribution in [0.1, 0.15) is 21.6 Å². The van der Waals surface area contributed by atoms with Gasteiger partial charge in [0, 0.05) is 5.69 Å². The number of para-hydroxylation sites is 1. The number of carbonyl (C=O) groups is 1. The lowest BCUT2D eigenvalue weighted by Gasteiger charge is -2.08. The van der Waals surface area contributed by atoms with Crippen molar-refractivity contribution < 1.29 is 19.1 Å². The molecular formula is C25H19N3O4. The molecule has 3 aromatic heterocycles. The quantitative estimate of drug-likeness (QED) is 0.384. The standard InChI is InChI=1S/C25H19N3O4/c1-16-23-20(25(29)30)14-21(22-8-5-13-31-22)26-24(23)27-28(16)15-17-9-11-19(12-10-17)32-18-6-3-2-4-7-18/h2-14H,15H2,1H3,(H,29,30). The average Bonchev–Trinajstić information content (AvgIpc) is 3.44. The summed E-state index contributed by atoms with van der Waals surface area (Å²) in [6, 6.07) is 22.3. The zero-order valence-corrected chi connectivity index (χ0v) is 17.2. The van der Waals surface area contributed by atoms with Crippen molar-refractivity contribution in [2.75, 3.05) is 0 Å². The summed E-state index contributed by atoms with van der Waals surface area (Å²) in [5.74, 6) is 0.972. The van der Waals surface area contributed by atoms with Crippen LogP contribution >= 0.6 is 0 Å². The molecule has 0 bridgehead atoms. The first-order chi connectivity index (χ1) is 15.6. The van der Waals surface area contributed by atoms with Gasteiger partial charge in [0.15, 0.2) is 11.4 Å². The van der Waals surface area contributed by atoms with Crippen molar-refractivity contribution in [2.24, 2.45) is 0 Å². The van der Waals surface area contributed by atoms with Crippen LogP contribution in [0, 0.1) is 6.92 Å². The molecule has 0 unspecified atom stereocenters. The smallest absolute Gasteiger partial charge is 0.336 e. The molecule has 0 fully saturated rings. The van der Waals surface area contributed by atoms with E-state index in [1.807, 2.05) is 61.5 Å². The third-order valence-electron chi connectivity index (χ3n) is 5.20. The van der Waals surface area contributed by atoms with E-state index < -0.39 is 5.97 Å². The molecule has 2 aromatic carbocycles. The largest absolute Gasteiger partial charge is 0.478 e. The Bertz CT molecular complexity index is 1390. The van der Waals surface area contributed by atoms with E-state index in [2.05, 4.69) is 10.1 Å². The Morgan fingerprint density at radius 1 is 1.03 bits per heavy atom. The number of rotatable bonds is 6. The lowest BCUT2D eigenvalue weighted by atomic mass is 10.1. The maximum atomic E-state index is 11.9. The van der Waals surface area contributed by atoms with E-state index in [4.69, 9.17) is 9.15 Å². The summed E-state index contributed by atoms with van der Waals surface area (Å²) >= 11 is 0. The van der Waals surface area contributed by atoms with Gasteiger partial charge in [-0.1, -0.05) is 30.3 Å². The van der Waals surface area contributed by atoms with E-state index in [1.54, 1.807) is 16.8 Å². The number of carboxylic acid groups (broad SMARTS) is 1. The minimum Gasteiger partial charge on any atom is -0.478 e. The number of nitrogens with zero attached hydrogens (tertiary/aromatic N) is 3. The third kappa shape index (κ3) is 3.72. The Morgan fingerprint density at radius 2 is 1.78 bits per heavy atom. The summed E-state index contributed by atoms with van der Waals surface area (Å²) < 4.78 is 13.0. The van der Waals surface area contributed by atoms with Gasteiger partial charge in [0.05, 0.1) is 23.8 Å². The summed E-state index contributed by atoms with van der Waals surface area (Å²) in [7, 11) is 0. The third-order valence-corrected chi connectivity index (χ3v) is 5.20. The number of hydrogen-bond donors (Lipinski definition) is 1. The van der Waals surface area contributed by atoms with Crippen LogP contribution in [0.3, 0.4) is 0 Å². The fourth-order valence-electron chi connectivity index (χ4n) is 3.61. The van der Waals surface area contributed by atoms with Crippen LogP contribution in [-0.4, -0.2) is 25.8 Å². The molecule has 5 rings (SSSR count). The van der Waals surface area contributed by atoms with E-state index in [9.17, 15) is 9.90 Å². The highest BCUT2D eigenvalue weighted by Crippen LogP contribution is 2.28. The number of carboxylic acids is 1. The van der Waals surface area contributed by atoms with Crippen molar-refractivity contribution in [2.45, 2.75) is 13.5 Å². The minimum atomic E-state index is -1.03. The van der Waals surface area contributed by atoms with Crippen molar-refractivity contribution in [1.29, 1.82) is 0 Å². The van der Waals surface area contributed by atoms with Crippen molar-refractivity contribution in [3.63, 3.8) is 0 Å². The van der Waals surface area contributed by atoms with Crippen LogP contribution in [0.15, 0.2) is 83.5 Å². The molecular weight excluding hydrogens is 406 g/mol. The van der Waals surface area contributed by atoms with Gasteiger partial charge in [-0.15, -0.1) is 0 Å². The second kappa shape index (κ2) is 8.03. The van der Waals surface area contributed by atoms with Gasteiger partial charge in [0.1, 0.15) is 17.2 Å². The predicted molar refractivity (Wildman–Crippen MR) is 119 cm³/mol. The molecule has 32 heavy (non-hydrogen) atoms. The first kappa shape index (κ1) is 19.6. The maximum absolute atomic E-state index is 11.9. The van der Waals surface area contributed by atoms with E-state index in [0.29, 0.717) is 29.0 Å². The fraction of sp³-hybridized carbons (Fsp3) is 0.0800. The molecule has 0 aliphatic heterocycles. The molecule has 0 spiro atoms. The van der Waals surface area contributed by atoms with E-state index in [0.717, 1.165) is 22.8 Å². The van der Waals surface area contributed by atoms with Gasteiger partial charge in [-0.2, -0.15) is 5.10 Å². The van der Waals surface area contributed by atoms with Crippen molar-refractivity contribution in [3.8, 4) is 23.0 Å². The topological polar surface area (TPSA) is 90.4 Å². The second-order valence-corrected chi connectivity index (χ2v) is 7.34. The highest BCUT2D eigenvalue weighted by molar-refractivity contribution is 6.03. The zero-order chi connectivity index (χ0) is 22.1. The van der Waals surface area contributed by atoms with Crippen molar-refractivity contribution >= 4 is 17.0 Å². The Morgan fingerprint density at radius 3 is 2.47 bits per heavy atom. The Hall–Kier alpha value is -4.39. The highest BCUT2D eigenvalue weighted by Gasteiger charge is 2.20. The van der Waals surface area contributed by atoms with Crippen LogP contribution in [-0.2, 0) is 6.54 Å². The van der Waals surface area contributed by atoms with Crippen molar-refractivity contribution in [3.05, 3.63) is 95.9 Å². The van der Waals surface area contributed by atoms with Gasteiger partial charge in [-0.25, -0.2) is 9.78 Å². The molecule has 1 N–H and O–H groups in total. The summed E-state index contributed by atoms with van der Waals surface area (Å²) in [5, 5.41) is 14.9. The molecule has 0 aliphatic rings. The van der Waals surface area contributed by atoms with Gasteiger partial charge in [-0.3, -0.25) is 4.68 Å². The second-order valence-electron chi connectivity index (χ2n) is 7.34. The molecule has 0 saturated heterocycles. The number of aryl methyl sites for hydroxylation is 1. The normalized spacial score (nSPS) is 11.0. The van der Waals surface area contributed by atoms with Gasteiger partial charge in [0.25, 0.3) is 0 Å². The molecule has 5 aromatic rings. The Labute approximate surface area is 183 Å². The number of ether oxygens (including phenoxy) is 1. The first-order valence-electron chi connectivity index (χ1n) is 10.1. The maximum Gasteiger partial charge on any atom is 0.336 e. The SMILES string of the molecule is Cc1c2c(C(=O)O)cc(-c3ccco3)nc2nn1Cc1ccc(Oc2ccccc2)cc1. The number of fused-ring (bicyclic) bond motifs is 1. The molecule has 3 heterocycles. The lowest BCUT2D eigenvalue weighted by molar-refractivity contribution is 0.0699. The van der Waals surface area contributed by atoms with E-state index in [1.165, 1.54) is 12.3 Å². The van der Waals surface area contributed by atoms with E-state index in [-0.39, 0.29) is 5.56 Å². The molecule has 7 nitrogen and oxygen atoms in total. The van der Waals surface area contributed by atoms with Crippen LogP contribution < -0.4 is 4.74 Å². The predicted octanol–water partition coefficient (Wildman–Crippen LogP) is 5.54. The number of pyridine rings is 1. The number of benzene rings is 2. The number of furan rings is 1. The number of hydrogen-bond acceptors (Lipinski definition) is 5. The summed E-state index contributed by atoms with van der Waals surface area (Å²) in [6.45, 7) is 2.33. The Kier molecular flexibility index (Phi) is 4.91. The van der Waals surface area contributed by atoms with Crippen LogP contribution in [0.25, 0.3) is 22.5 Å². The van der Waals surface area contributed by atoms with Crippen LogP contribution in [0.5, 0.6) is 11.5 Å². The van der Waals surface area contributed by atoms with Crippen LogP contribution in [0.4, 0.5) is 0 Å². The number of aromatic nitrogens is 3. The molecule has 0 aliphatic carbocycles. The van der Waals surface area contributed by atoms with Crippen molar-refractivity contribution in [1.82, 2.24) is 14.8 Å². The van der Waals surface area contributed by atoms with Gasteiger partial charge in [-0.05, 0) is 55.0 Å². The first-order valence-corrected chi connectivity index (χ1v) is 10.1. The highest BCUT2D eigenvalue weighted by atomic mass is 16.5. The molecule has 0 amide bonds.